The number of pyridine rings is 1. The Labute approximate surface area is 122 Å². The molecule has 1 heterocycles. The standard InChI is InChI=1S/C15H27N5/c1-6-16-15(18-10-12(2)3)19-11-13-8-7-9-17-14(13)20(4)5/h7-9,12H,6,10-11H2,1-5H3,(H2,16,18,19). The molecule has 0 aliphatic rings. The number of nitrogens with one attached hydrogen (secondary N) is 2. The molecule has 0 atom stereocenters. The Morgan fingerprint density at radius 1 is 1.35 bits per heavy atom. The summed E-state index contributed by atoms with van der Waals surface area (Å²) in [4.78, 5) is 11.0. The van der Waals surface area contributed by atoms with Gasteiger partial charge >= 0.3 is 0 Å². The molecule has 20 heavy (non-hydrogen) atoms. The fourth-order valence-corrected chi connectivity index (χ4v) is 1.76. The minimum Gasteiger partial charge on any atom is -0.362 e. The van der Waals surface area contributed by atoms with Gasteiger partial charge in [0.2, 0.25) is 0 Å². The van der Waals surface area contributed by atoms with Crippen molar-refractivity contribution in [2.24, 2.45) is 10.9 Å². The van der Waals surface area contributed by atoms with Crippen molar-refractivity contribution in [1.29, 1.82) is 0 Å². The molecule has 0 aromatic carbocycles. The SMILES string of the molecule is CCNC(=NCc1cccnc1N(C)C)NCC(C)C. The maximum absolute atomic E-state index is 4.63. The van der Waals surface area contributed by atoms with Gasteiger partial charge in [-0.15, -0.1) is 0 Å². The number of hydrogen-bond donors (Lipinski definition) is 2. The van der Waals surface area contributed by atoms with Gasteiger partial charge in [-0.2, -0.15) is 0 Å². The van der Waals surface area contributed by atoms with Gasteiger partial charge in [-0.1, -0.05) is 19.9 Å². The predicted octanol–water partition coefficient (Wildman–Crippen LogP) is 1.86. The van der Waals surface area contributed by atoms with Gasteiger partial charge in [0.1, 0.15) is 5.82 Å². The molecule has 0 fully saturated rings. The van der Waals surface area contributed by atoms with Crippen molar-refractivity contribution in [3.8, 4) is 0 Å². The first kappa shape index (κ1) is 16.3. The van der Waals surface area contributed by atoms with Gasteiger partial charge in [0.15, 0.2) is 5.96 Å². The van der Waals surface area contributed by atoms with E-state index in [-0.39, 0.29) is 0 Å². The molecule has 0 aliphatic carbocycles. The Bertz CT molecular complexity index is 426. The first-order valence-electron chi connectivity index (χ1n) is 7.18. The van der Waals surface area contributed by atoms with Crippen LogP contribution in [0, 0.1) is 5.92 Å². The largest absolute Gasteiger partial charge is 0.362 e. The molecular formula is C15H27N5. The van der Waals surface area contributed by atoms with Gasteiger partial charge < -0.3 is 15.5 Å². The van der Waals surface area contributed by atoms with E-state index in [9.17, 15) is 0 Å². The fourth-order valence-electron chi connectivity index (χ4n) is 1.76. The average Bonchev–Trinajstić information content (AvgIpc) is 2.42. The van der Waals surface area contributed by atoms with E-state index in [1.54, 1.807) is 0 Å². The van der Waals surface area contributed by atoms with Gasteiger partial charge in [-0.25, -0.2) is 9.98 Å². The highest BCUT2D eigenvalue weighted by atomic mass is 15.2. The van der Waals surface area contributed by atoms with Crippen molar-refractivity contribution in [2.75, 3.05) is 32.1 Å². The van der Waals surface area contributed by atoms with Crippen LogP contribution in [0.15, 0.2) is 23.3 Å². The van der Waals surface area contributed by atoms with E-state index < -0.39 is 0 Å². The Morgan fingerprint density at radius 3 is 2.70 bits per heavy atom. The van der Waals surface area contributed by atoms with Gasteiger partial charge in [0.25, 0.3) is 0 Å². The van der Waals surface area contributed by atoms with Crippen molar-refractivity contribution in [3.05, 3.63) is 23.9 Å². The summed E-state index contributed by atoms with van der Waals surface area (Å²) in [7, 11) is 4.00. The van der Waals surface area contributed by atoms with Crippen molar-refractivity contribution >= 4 is 11.8 Å². The Hall–Kier alpha value is -1.78. The molecule has 112 valence electrons. The summed E-state index contributed by atoms with van der Waals surface area (Å²) in [6.07, 6.45) is 1.81. The van der Waals surface area contributed by atoms with E-state index in [4.69, 9.17) is 0 Å². The second kappa shape index (κ2) is 8.40. The van der Waals surface area contributed by atoms with Gasteiger partial charge in [-0.05, 0) is 18.9 Å². The third kappa shape index (κ3) is 5.47. The first-order chi connectivity index (χ1) is 9.54. The molecule has 5 nitrogen and oxygen atoms in total. The number of nitrogens with zero attached hydrogens (tertiary/aromatic N) is 3. The maximum atomic E-state index is 4.63. The smallest absolute Gasteiger partial charge is 0.191 e. The number of aromatic nitrogens is 1. The van der Waals surface area contributed by atoms with E-state index in [1.807, 2.05) is 31.3 Å². The summed E-state index contributed by atoms with van der Waals surface area (Å²) in [5, 5.41) is 6.61. The molecule has 0 saturated carbocycles. The van der Waals surface area contributed by atoms with Crippen molar-refractivity contribution in [1.82, 2.24) is 15.6 Å². The zero-order valence-electron chi connectivity index (χ0n) is 13.3. The lowest BCUT2D eigenvalue weighted by atomic mass is 10.2. The van der Waals surface area contributed by atoms with Crippen LogP contribution in [0.2, 0.25) is 0 Å². The molecule has 0 amide bonds. The number of rotatable bonds is 6. The summed E-state index contributed by atoms with van der Waals surface area (Å²) in [6.45, 7) is 8.83. The molecule has 1 aromatic heterocycles. The molecule has 0 unspecified atom stereocenters. The summed E-state index contributed by atoms with van der Waals surface area (Å²) < 4.78 is 0. The monoisotopic (exact) mass is 277 g/mol. The normalized spacial score (nSPS) is 11.6. The van der Waals surface area contributed by atoms with E-state index in [1.165, 1.54) is 0 Å². The molecular weight excluding hydrogens is 250 g/mol. The van der Waals surface area contributed by atoms with E-state index in [0.29, 0.717) is 12.5 Å². The van der Waals surface area contributed by atoms with Crippen LogP contribution in [0.3, 0.4) is 0 Å². The molecule has 0 radical (unpaired) electrons. The lowest BCUT2D eigenvalue weighted by Crippen LogP contribution is -2.39. The highest BCUT2D eigenvalue weighted by Crippen LogP contribution is 2.15. The minimum absolute atomic E-state index is 0.592. The minimum atomic E-state index is 0.592. The van der Waals surface area contributed by atoms with Crippen LogP contribution in [-0.4, -0.2) is 38.1 Å². The second-order valence-electron chi connectivity index (χ2n) is 5.35. The number of anilines is 1. The topological polar surface area (TPSA) is 52.6 Å². The molecule has 1 aromatic rings. The number of aliphatic imine (C=N–C) groups is 1. The van der Waals surface area contributed by atoms with Crippen molar-refractivity contribution in [3.63, 3.8) is 0 Å². The fraction of sp³-hybridized carbons (Fsp3) is 0.600. The van der Waals surface area contributed by atoms with Gasteiger partial charge in [-0.3, -0.25) is 0 Å². The van der Waals surface area contributed by atoms with Crippen LogP contribution < -0.4 is 15.5 Å². The van der Waals surface area contributed by atoms with Crippen LogP contribution >= 0.6 is 0 Å². The van der Waals surface area contributed by atoms with Gasteiger partial charge in [0.05, 0.1) is 6.54 Å². The quantitative estimate of drug-likeness (QED) is 0.615. The zero-order chi connectivity index (χ0) is 15.0. The van der Waals surface area contributed by atoms with E-state index in [2.05, 4.69) is 47.4 Å². The Morgan fingerprint density at radius 2 is 2.10 bits per heavy atom. The first-order valence-corrected chi connectivity index (χ1v) is 7.18. The second-order valence-corrected chi connectivity index (χ2v) is 5.35. The molecule has 5 heteroatoms. The van der Waals surface area contributed by atoms with Crippen LogP contribution in [0.1, 0.15) is 26.3 Å². The summed E-state index contributed by atoms with van der Waals surface area (Å²) in [6, 6.07) is 4.02. The van der Waals surface area contributed by atoms with Crippen LogP contribution in [0.5, 0.6) is 0 Å². The molecule has 1 rings (SSSR count). The van der Waals surface area contributed by atoms with Crippen LogP contribution in [0.4, 0.5) is 5.82 Å². The third-order valence-electron chi connectivity index (χ3n) is 2.72. The molecule has 0 spiro atoms. The van der Waals surface area contributed by atoms with Crippen LogP contribution in [-0.2, 0) is 6.54 Å². The predicted molar refractivity (Wildman–Crippen MR) is 86.2 cm³/mol. The lowest BCUT2D eigenvalue weighted by molar-refractivity contribution is 0.615. The Balaban J connectivity index is 2.76. The van der Waals surface area contributed by atoms with E-state index in [0.717, 1.165) is 30.4 Å². The number of hydrogen-bond acceptors (Lipinski definition) is 3. The highest BCUT2D eigenvalue weighted by Gasteiger charge is 2.05. The van der Waals surface area contributed by atoms with Gasteiger partial charge in [0, 0.05) is 38.9 Å². The molecule has 2 N–H and O–H groups in total. The summed E-state index contributed by atoms with van der Waals surface area (Å²) in [5.74, 6) is 2.42. The zero-order valence-corrected chi connectivity index (χ0v) is 13.3. The highest BCUT2D eigenvalue weighted by molar-refractivity contribution is 5.79. The van der Waals surface area contributed by atoms with E-state index >= 15 is 0 Å². The van der Waals surface area contributed by atoms with Crippen LogP contribution in [0.25, 0.3) is 0 Å². The Kier molecular flexibility index (Phi) is 6.84. The molecule has 0 aliphatic heterocycles. The summed E-state index contributed by atoms with van der Waals surface area (Å²) in [5.41, 5.74) is 1.12. The lowest BCUT2D eigenvalue weighted by Gasteiger charge is -2.16. The third-order valence-corrected chi connectivity index (χ3v) is 2.72. The maximum Gasteiger partial charge on any atom is 0.191 e. The average molecular weight is 277 g/mol. The summed E-state index contributed by atoms with van der Waals surface area (Å²) >= 11 is 0. The van der Waals surface area contributed by atoms with Crippen molar-refractivity contribution < 1.29 is 0 Å². The number of guanidine groups is 1. The van der Waals surface area contributed by atoms with Crippen molar-refractivity contribution in [2.45, 2.75) is 27.3 Å². The molecule has 0 bridgehead atoms. The molecule has 0 saturated heterocycles.